The molecular weight excluding hydrogens is 276 g/mol. The van der Waals surface area contributed by atoms with Crippen LogP contribution in [0.15, 0.2) is 60.0 Å². The second-order valence-electron chi connectivity index (χ2n) is 5.18. The largest absolute Gasteiger partial charge is 0.355 e. The van der Waals surface area contributed by atoms with Crippen LogP contribution in [-0.2, 0) is 0 Å². The fourth-order valence-electron chi connectivity index (χ4n) is 2.21. The van der Waals surface area contributed by atoms with Crippen molar-refractivity contribution >= 4 is 16.5 Å². The summed E-state index contributed by atoms with van der Waals surface area (Å²) in [7, 11) is 0. The zero-order chi connectivity index (χ0) is 14.7. The van der Waals surface area contributed by atoms with Crippen molar-refractivity contribution in [3.8, 4) is 11.3 Å². The van der Waals surface area contributed by atoms with Crippen LogP contribution in [0.4, 0.5) is 5.13 Å². The van der Waals surface area contributed by atoms with E-state index in [4.69, 9.17) is 0 Å². The summed E-state index contributed by atoms with van der Waals surface area (Å²) in [6, 6.07) is 19.2. The number of benzene rings is 2. The van der Waals surface area contributed by atoms with Gasteiger partial charge in [-0.1, -0.05) is 60.2 Å². The van der Waals surface area contributed by atoms with Crippen LogP contribution in [0.1, 0.15) is 24.1 Å². The molecule has 106 valence electrons. The Labute approximate surface area is 129 Å². The average Bonchev–Trinajstić information content (AvgIpc) is 2.97. The van der Waals surface area contributed by atoms with Gasteiger partial charge in [0.1, 0.15) is 0 Å². The molecule has 2 aromatic carbocycles. The van der Waals surface area contributed by atoms with E-state index in [0.29, 0.717) is 0 Å². The number of aromatic nitrogens is 1. The predicted molar refractivity (Wildman–Crippen MR) is 90.8 cm³/mol. The standard InChI is InChI=1S/C18H18N2S/c1-13-8-10-16(11-9-13)17-12-21-18(20-17)19-14(2)15-6-4-3-5-7-15/h3-12,14H,1-2H3,(H,19,20)/t14-/m1/s1. The summed E-state index contributed by atoms with van der Waals surface area (Å²) in [5.41, 5.74) is 4.73. The summed E-state index contributed by atoms with van der Waals surface area (Å²) in [4.78, 5) is 4.68. The lowest BCUT2D eigenvalue weighted by Crippen LogP contribution is -2.05. The van der Waals surface area contributed by atoms with E-state index in [9.17, 15) is 0 Å². The molecule has 0 unspecified atom stereocenters. The van der Waals surface area contributed by atoms with Crippen LogP contribution in [0.25, 0.3) is 11.3 Å². The third kappa shape index (κ3) is 3.31. The predicted octanol–water partition coefficient (Wildman–Crippen LogP) is 5.29. The number of hydrogen-bond acceptors (Lipinski definition) is 3. The minimum atomic E-state index is 0.253. The van der Waals surface area contributed by atoms with Gasteiger partial charge in [0.2, 0.25) is 0 Å². The minimum absolute atomic E-state index is 0.253. The van der Waals surface area contributed by atoms with Crippen molar-refractivity contribution in [1.82, 2.24) is 4.98 Å². The van der Waals surface area contributed by atoms with Crippen molar-refractivity contribution in [3.63, 3.8) is 0 Å². The molecule has 1 heterocycles. The molecule has 3 aromatic rings. The quantitative estimate of drug-likeness (QED) is 0.707. The van der Waals surface area contributed by atoms with Gasteiger partial charge in [0.05, 0.1) is 11.7 Å². The highest BCUT2D eigenvalue weighted by Gasteiger charge is 2.08. The van der Waals surface area contributed by atoms with Gasteiger partial charge in [-0.2, -0.15) is 0 Å². The first kappa shape index (κ1) is 13.8. The third-order valence-corrected chi connectivity index (χ3v) is 4.26. The summed E-state index contributed by atoms with van der Waals surface area (Å²) in [5.74, 6) is 0. The van der Waals surface area contributed by atoms with E-state index in [1.54, 1.807) is 11.3 Å². The molecule has 3 rings (SSSR count). The maximum absolute atomic E-state index is 4.68. The van der Waals surface area contributed by atoms with E-state index < -0.39 is 0 Å². The first-order valence-corrected chi connectivity index (χ1v) is 7.94. The van der Waals surface area contributed by atoms with Gasteiger partial charge in [0.15, 0.2) is 5.13 Å². The van der Waals surface area contributed by atoms with Gasteiger partial charge < -0.3 is 5.32 Å². The first-order valence-electron chi connectivity index (χ1n) is 7.06. The van der Waals surface area contributed by atoms with Crippen LogP contribution in [0.5, 0.6) is 0 Å². The molecule has 21 heavy (non-hydrogen) atoms. The van der Waals surface area contributed by atoms with Crippen molar-refractivity contribution in [2.75, 3.05) is 5.32 Å². The number of aryl methyl sites for hydroxylation is 1. The zero-order valence-corrected chi connectivity index (χ0v) is 13.0. The van der Waals surface area contributed by atoms with Gasteiger partial charge in [-0.3, -0.25) is 0 Å². The van der Waals surface area contributed by atoms with E-state index in [2.05, 4.69) is 78.1 Å². The summed E-state index contributed by atoms with van der Waals surface area (Å²) >= 11 is 1.65. The molecule has 0 radical (unpaired) electrons. The minimum Gasteiger partial charge on any atom is -0.355 e. The summed E-state index contributed by atoms with van der Waals surface area (Å²) in [6.45, 7) is 4.25. The molecular formula is C18H18N2S. The van der Waals surface area contributed by atoms with Crippen LogP contribution in [-0.4, -0.2) is 4.98 Å². The molecule has 3 heteroatoms. The molecule has 0 aliphatic carbocycles. The topological polar surface area (TPSA) is 24.9 Å². The second-order valence-corrected chi connectivity index (χ2v) is 6.04. The molecule has 0 spiro atoms. The molecule has 2 nitrogen and oxygen atoms in total. The van der Waals surface area contributed by atoms with Crippen LogP contribution < -0.4 is 5.32 Å². The SMILES string of the molecule is Cc1ccc(-c2csc(N[C@H](C)c3ccccc3)n2)cc1. The average molecular weight is 294 g/mol. The normalized spacial score (nSPS) is 12.1. The lowest BCUT2D eigenvalue weighted by molar-refractivity contribution is 0.882. The number of nitrogens with zero attached hydrogens (tertiary/aromatic N) is 1. The maximum Gasteiger partial charge on any atom is 0.183 e. The first-order chi connectivity index (χ1) is 10.2. The Morgan fingerprint density at radius 2 is 1.71 bits per heavy atom. The van der Waals surface area contributed by atoms with Gasteiger partial charge in [-0.15, -0.1) is 11.3 Å². The van der Waals surface area contributed by atoms with Gasteiger partial charge >= 0.3 is 0 Å². The number of rotatable bonds is 4. The zero-order valence-electron chi connectivity index (χ0n) is 12.2. The molecule has 0 aliphatic heterocycles. The van der Waals surface area contributed by atoms with E-state index in [-0.39, 0.29) is 6.04 Å². The number of nitrogens with one attached hydrogen (secondary N) is 1. The highest BCUT2D eigenvalue weighted by Crippen LogP contribution is 2.27. The fraction of sp³-hybridized carbons (Fsp3) is 0.167. The Morgan fingerprint density at radius 3 is 2.43 bits per heavy atom. The number of hydrogen-bond donors (Lipinski definition) is 1. The van der Waals surface area contributed by atoms with Gasteiger partial charge in [-0.05, 0) is 19.4 Å². The Morgan fingerprint density at radius 1 is 1.00 bits per heavy atom. The van der Waals surface area contributed by atoms with Gasteiger partial charge in [0.25, 0.3) is 0 Å². The maximum atomic E-state index is 4.68. The van der Waals surface area contributed by atoms with Crippen molar-refractivity contribution in [2.24, 2.45) is 0 Å². The Balaban J connectivity index is 1.75. The van der Waals surface area contributed by atoms with Crippen molar-refractivity contribution in [3.05, 3.63) is 71.1 Å². The smallest absolute Gasteiger partial charge is 0.183 e. The van der Waals surface area contributed by atoms with E-state index in [1.807, 2.05) is 6.07 Å². The Hall–Kier alpha value is -2.13. The van der Waals surface area contributed by atoms with Crippen LogP contribution in [0, 0.1) is 6.92 Å². The molecule has 0 fully saturated rings. The lowest BCUT2D eigenvalue weighted by atomic mass is 10.1. The molecule has 0 bridgehead atoms. The number of anilines is 1. The number of thiazole rings is 1. The highest BCUT2D eigenvalue weighted by atomic mass is 32.1. The summed E-state index contributed by atoms with van der Waals surface area (Å²) in [6.07, 6.45) is 0. The van der Waals surface area contributed by atoms with Crippen molar-refractivity contribution in [2.45, 2.75) is 19.9 Å². The van der Waals surface area contributed by atoms with Crippen LogP contribution in [0.2, 0.25) is 0 Å². The van der Waals surface area contributed by atoms with Crippen molar-refractivity contribution in [1.29, 1.82) is 0 Å². The van der Waals surface area contributed by atoms with E-state index in [0.717, 1.165) is 16.4 Å². The van der Waals surface area contributed by atoms with Crippen LogP contribution in [0.3, 0.4) is 0 Å². The third-order valence-electron chi connectivity index (χ3n) is 3.49. The monoisotopic (exact) mass is 294 g/mol. The molecule has 1 aromatic heterocycles. The molecule has 0 aliphatic rings. The van der Waals surface area contributed by atoms with Gasteiger partial charge in [-0.25, -0.2) is 4.98 Å². The van der Waals surface area contributed by atoms with E-state index in [1.165, 1.54) is 11.1 Å². The van der Waals surface area contributed by atoms with Crippen LogP contribution >= 0.6 is 11.3 Å². The van der Waals surface area contributed by atoms with E-state index >= 15 is 0 Å². The molecule has 1 atom stereocenters. The summed E-state index contributed by atoms with van der Waals surface area (Å²) in [5, 5.41) is 6.53. The molecule has 0 saturated carbocycles. The Bertz CT molecular complexity index is 702. The molecule has 1 N–H and O–H groups in total. The lowest BCUT2D eigenvalue weighted by Gasteiger charge is -2.12. The highest BCUT2D eigenvalue weighted by molar-refractivity contribution is 7.14. The molecule has 0 saturated heterocycles. The molecule has 0 amide bonds. The Kier molecular flexibility index (Phi) is 4.02. The van der Waals surface area contributed by atoms with Crippen molar-refractivity contribution < 1.29 is 0 Å². The summed E-state index contributed by atoms with van der Waals surface area (Å²) < 4.78 is 0. The van der Waals surface area contributed by atoms with Gasteiger partial charge in [0, 0.05) is 10.9 Å². The fourth-order valence-corrected chi connectivity index (χ4v) is 3.02. The second kappa shape index (κ2) is 6.10.